The van der Waals surface area contributed by atoms with Gasteiger partial charge < -0.3 is 15.6 Å². The number of nitrogens with zero attached hydrogens (tertiary/aromatic N) is 4. The fraction of sp³-hybridized carbons (Fsp3) is 0.409. The molecule has 1 aliphatic rings. The van der Waals surface area contributed by atoms with Crippen molar-refractivity contribution in [2.45, 2.75) is 38.3 Å². The number of nitrogens with two attached hydrogens (primary N) is 1. The number of nitrogens with one attached hydrogen (secondary N) is 1. The molecule has 7 heteroatoms. The first-order valence-corrected chi connectivity index (χ1v) is 10.2. The first-order chi connectivity index (χ1) is 14.1. The lowest BCUT2D eigenvalue weighted by Crippen LogP contribution is -2.36. The van der Waals surface area contributed by atoms with Gasteiger partial charge in [0.25, 0.3) is 0 Å². The molecule has 0 unspecified atom stereocenters. The number of hydrogen-bond donors (Lipinski definition) is 2. The monoisotopic (exact) mass is 392 g/mol. The van der Waals surface area contributed by atoms with Crippen molar-refractivity contribution in [2.75, 3.05) is 25.9 Å². The number of fused-ring (bicyclic) bond motifs is 1. The summed E-state index contributed by atoms with van der Waals surface area (Å²) in [4.78, 5) is 28.7. The predicted molar refractivity (Wildman–Crippen MR) is 114 cm³/mol. The first kappa shape index (κ1) is 19.4. The number of aryl methyl sites for hydroxylation is 1. The van der Waals surface area contributed by atoms with Crippen LogP contribution in [0.2, 0.25) is 0 Å². The molecule has 0 aliphatic carbocycles. The van der Waals surface area contributed by atoms with E-state index in [1.807, 2.05) is 11.0 Å². The number of rotatable bonds is 7. The highest BCUT2D eigenvalue weighted by atomic mass is 16.2. The Kier molecular flexibility index (Phi) is 5.76. The van der Waals surface area contributed by atoms with Crippen LogP contribution in [-0.2, 0) is 17.8 Å². The Morgan fingerprint density at radius 1 is 1.34 bits per heavy atom. The van der Waals surface area contributed by atoms with E-state index in [-0.39, 0.29) is 5.91 Å². The number of aromatic nitrogens is 3. The van der Waals surface area contributed by atoms with Crippen molar-refractivity contribution in [2.24, 2.45) is 0 Å². The second kappa shape index (κ2) is 8.61. The van der Waals surface area contributed by atoms with Crippen LogP contribution in [0.3, 0.4) is 0 Å². The van der Waals surface area contributed by atoms with Crippen LogP contribution in [0.5, 0.6) is 0 Å². The van der Waals surface area contributed by atoms with Crippen LogP contribution in [-0.4, -0.2) is 56.8 Å². The van der Waals surface area contributed by atoms with Gasteiger partial charge in [0.1, 0.15) is 11.6 Å². The third-order valence-corrected chi connectivity index (χ3v) is 5.77. The van der Waals surface area contributed by atoms with Gasteiger partial charge in [-0.05, 0) is 44.0 Å². The summed E-state index contributed by atoms with van der Waals surface area (Å²) in [6.45, 7) is 2.22. The Balaban J connectivity index is 1.25. The summed E-state index contributed by atoms with van der Waals surface area (Å²) >= 11 is 0. The number of carbonyl (C=O) groups excluding carboxylic acids is 1. The highest BCUT2D eigenvalue weighted by molar-refractivity contribution is 5.83. The Hall–Kier alpha value is -2.93. The maximum absolute atomic E-state index is 12.7. The van der Waals surface area contributed by atoms with Crippen molar-refractivity contribution >= 4 is 22.6 Å². The van der Waals surface area contributed by atoms with Crippen LogP contribution in [0.15, 0.2) is 42.7 Å². The number of likely N-dealkylation sites (tertiary alicyclic amines) is 1. The quantitative estimate of drug-likeness (QED) is 0.645. The summed E-state index contributed by atoms with van der Waals surface area (Å²) < 4.78 is 0. The van der Waals surface area contributed by atoms with Gasteiger partial charge in [-0.15, -0.1) is 0 Å². The van der Waals surface area contributed by atoms with Gasteiger partial charge in [-0.2, -0.15) is 0 Å². The number of anilines is 1. The van der Waals surface area contributed by atoms with E-state index in [4.69, 9.17) is 5.73 Å². The van der Waals surface area contributed by atoms with E-state index in [0.717, 1.165) is 43.7 Å². The van der Waals surface area contributed by atoms with Gasteiger partial charge >= 0.3 is 0 Å². The summed E-state index contributed by atoms with van der Waals surface area (Å²) in [5.74, 6) is 1.46. The zero-order chi connectivity index (χ0) is 20.2. The lowest BCUT2D eigenvalue weighted by atomic mass is 10.1. The molecule has 1 aliphatic heterocycles. The predicted octanol–water partition coefficient (Wildman–Crippen LogP) is 2.60. The molecule has 1 amide bonds. The summed E-state index contributed by atoms with van der Waals surface area (Å²) in [6.07, 6.45) is 7.11. The highest BCUT2D eigenvalue weighted by Gasteiger charge is 2.28. The second-order valence-corrected chi connectivity index (χ2v) is 7.81. The van der Waals surface area contributed by atoms with E-state index in [1.54, 1.807) is 12.3 Å². The fourth-order valence-electron chi connectivity index (χ4n) is 4.10. The molecule has 0 spiro atoms. The van der Waals surface area contributed by atoms with Gasteiger partial charge in [0, 0.05) is 48.8 Å². The summed E-state index contributed by atoms with van der Waals surface area (Å²) in [6, 6.07) is 10.3. The molecule has 29 heavy (non-hydrogen) atoms. The molecule has 3 aromatic rings. The highest BCUT2D eigenvalue weighted by Crippen LogP contribution is 2.21. The largest absolute Gasteiger partial charge is 0.384 e. The van der Waals surface area contributed by atoms with Crippen LogP contribution < -0.4 is 5.73 Å². The van der Waals surface area contributed by atoms with Crippen LogP contribution >= 0.6 is 0 Å². The van der Waals surface area contributed by atoms with Gasteiger partial charge in [0.05, 0.1) is 6.54 Å². The lowest BCUT2D eigenvalue weighted by Gasteiger charge is -2.24. The van der Waals surface area contributed by atoms with Crippen molar-refractivity contribution in [3.63, 3.8) is 0 Å². The van der Waals surface area contributed by atoms with Gasteiger partial charge in [-0.3, -0.25) is 9.69 Å². The molecule has 3 heterocycles. The molecule has 152 valence electrons. The van der Waals surface area contributed by atoms with Gasteiger partial charge in [0.15, 0.2) is 0 Å². The van der Waals surface area contributed by atoms with Gasteiger partial charge in [-0.25, -0.2) is 9.97 Å². The Morgan fingerprint density at radius 2 is 2.21 bits per heavy atom. The molecule has 1 fully saturated rings. The van der Waals surface area contributed by atoms with Crippen LogP contribution in [0.1, 0.15) is 30.7 Å². The molecule has 2 aromatic heterocycles. The average molecular weight is 393 g/mol. The number of nitrogen functional groups attached to an aromatic ring is 1. The minimum atomic E-state index is 0.251. The number of amides is 1. The summed E-state index contributed by atoms with van der Waals surface area (Å²) in [5, 5.41) is 1.26. The summed E-state index contributed by atoms with van der Waals surface area (Å²) in [7, 11) is 2.06. The van der Waals surface area contributed by atoms with E-state index in [0.29, 0.717) is 24.8 Å². The normalized spacial score (nSPS) is 16.8. The molecule has 1 saturated heterocycles. The third kappa shape index (κ3) is 4.56. The van der Waals surface area contributed by atoms with Crippen molar-refractivity contribution in [1.82, 2.24) is 24.8 Å². The number of aromatic amines is 1. The van der Waals surface area contributed by atoms with Crippen molar-refractivity contribution in [3.8, 4) is 0 Å². The van der Waals surface area contributed by atoms with Crippen molar-refractivity contribution < 1.29 is 4.79 Å². The molecule has 1 atom stereocenters. The Morgan fingerprint density at radius 3 is 3.07 bits per heavy atom. The number of carbonyl (C=O) groups is 1. The van der Waals surface area contributed by atoms with Crippen LogP contribution in [0.25, 0.3) is 10.9 Å². The molecule has 0 saturated carbocycles. The van der Waals surface area contributed by atoms with Crippen molar-refractivity contribution in [1.29, 1.82) is 0 Å². The Bertz CT molecular complexity index is 984. The van der Waals surface area contributed by atoms with E-state index < -0.39 is 0 Å². The Labute approximate surface area is 170 Å². The lowest BCUT2D eigenvalue weighted by molar-refractivity contribution is -0.130. The van der Waals surface area contributed by atoms with Gasteiger partial charge in [0.2, 0.25) is 5.91 Å². The maximum atomic E-state index is 12.7. The first-order valence-electron chi connectivity index (χ1n) is 10.2. The molecular weight excluding hydrogens is 364 g/mol. The van der Waals surface area contributed by atoms with E-state index in [9.17, 15) is 4.79 Å². The zero-order valence-corrected chi connectivity index (χ0v) is 16.8. The molecule has 1 aromatic carbocycles. The topological polar surface area (TPSA) is 91.1 Å². The van der Waals surface area contributed by atoms with E-state index in [2.05, 4.69) is 51.3 Å². The molecule has 0 bridgehead atoms. The van der Waals surface area contributed by atoms with Crippen LogP contribution in [0.4, 0.5) is 5.82 Å². The number of H-pyrrole nitrogens is 1. The number of benzene rings is 1. The SMILES string of the molecule is CN(Cc1nccc(N)n1)[C@H]1CCN(C(=O)CCCc2c[nH]c3ccccc23)C1. The number of hydrogen-bond acceptors (Lipinski definition) is 5. The third-order valence-electron chi connectivity index (χ3n) is 5.77. The minimum absolute atomic E-state index is 0.251. The molecule has 3 N–H and O–H groups in total. The van der Waals surface area contributed by atoms with E-state index >= 15 is 0 Å². The number of para-hydroxylation sites is 1. The number of likely N-dealkylation sites (N-methyl/N-ethyl adjacent to an activating group) is 1. The van der Waals surface area contributed by atoms with Gasteiger partial charge in [-0.1, -0.05) is 18.2 Å². The van der Waals surface area contributed by atoms with Crippen molar-refractivity contribution in [3.05, 3.63) is 54.1 Å². The van der Waals surface area contributed by atoms with E-state index in [1.165, 1.54) is 10.9 Å². The maximum Gasteiger partial charge on any atom is 0.222 e. The second-order valence-electron chi connectivity index (χ2n) is 7.81. The minimum Gasteiger partial charge on any atom is -0.384 e. The summed E-state index contributed by atoms with van der Waals surface area (Å²) in [5.41, 5.74) is 8.18. The smallest absolute Gasteiger partial charge is 0.222 e. The molecule has 7 nitrogen and oxygen atoms in total. The standard InChI is InChI=1S/C22H28N6O/c1-27(15-21-24-11-9-20(23)26-21)17-10-12-28(14-17)22(29)8-4-5-16-13-25-19-7-3-2-6-18(16)19/h2-3,6-7,9,11,13,17,25H,4-5,8,10,12,14-15H2,1H3,(H2,23,24,26)/t17-/m0/s1. The van der Waals surface area contributed by atoms with Crippen LogP contribution in [0, 0.1) is 0 Å². The zero-order valence-electron chi connectivity index (χ0n) is 16.8. The fourth-order valence-corrected chi connectivity index (χ4v) is 4.10. The average Bonchev–Trinajstić information content (AvgIpc) is 3.36. The molecule has 0 radical (unpaired) electrons. The molecular formula is C22H28N6O. The molecule has 4 rings (SSSR count).